The molecule has 1 rings (SSSR count). The van der Waals surface area contributed by atoms with Crippen LogP contribution in [0.5, 0.6) is 11.5 Å². The Bertz CT molecular complexity index is 378. The number of hydrogen-bond donors (Lipinski definition) is 1. The van der Waals surface area contributed by atoms with Crippen molar-refractivity contribution in [3.8, 4) is 11.5 Å². The van der Waals surface area contributed by atoms with E-state index < -0.39 is 0 Å². The van der Waals surface area contributed by atoms with Crippen LogP contribution < -0.4 is 14.8 Å². The first-order valence-electron chi connectivity index (χ1n) is 6.96. The Morgan fingerprint density at radius 2 is 1.70 bits per heavy atom. The summed E-state index contributed by atoms with van der Waals surface area (Å²) in [5.41, 5.74) is 0. The van der Waals surface area contributed by atoms with Gasteiger partial charge in [0.2, 0.25) is 0 Å². The van der Waals surface area contributed by atoms with Gasteiger partial charge in [-0.2, -0.15) is 0 Å². The third-order valence-corrected chi connectivity index (χ3v) is 2.50. The van der Waals surface area contributed by atoms with E-state index in [0.717, 1.165) is 12.2 Å². The maximum absolute atomic E-state index is 11.5. The first-order valence-corrected chi connectivity index (χ1v) is 6.96. The molecular formula is C15H23NO4. The van der Waals surface area contributed by atoms with Crippen molar-refractivity contribution < 1.29 is 19.0 Å². The molecule has 0 bridgehead atoms. The number of nitrogens with one attached hydrogen (secondary N) is 1. The monoisotopic (exact) mass is 281 g/mol. The van der Waals surface area contributed by atoms with Crippen LogP contribution in [0.15, 0.2) is 24.3 Å². The van der Waals surface area contributed by atoms with Gasteiger partial charge >= 0.3 is 0 Å². The van der Waals surface area contributed by atoms with Crippen LogP contribution in [0.2, 0.25) is 0 Å². The van der Waals surface area contributed by atoms with Crippen molar-refractivity contribution in [2.75, 3.05) is 33.0 Å². The molecule has 0 saturated heterocycles. The van der Waals surface area contributed by atoms with Gasteiger partial charge in [-0.3, -0.25) is 4.79 Å². The molecule has 1 aromatic rings. The Hall–Kier alpha value is -1.75. The van der Waals surface area contributed by atoms with Crippen molar-refractivity contribution in [1.82, 2.24) is 5.32 Å². The van der Waals surface area contributed by atoms with Crippen LogP contribution in [-0.4, -0.2) is 38.9 Å². The van der Waals surface area contributed by atoms with Gasteiger partial charge in [-0.15, -0.1) is 0 Å². The fraction of sp³-hybridized carbons (Fsp3) is 0.533. The molecule has 0 atom stereocenters. The number of rotatable bonds is 10. The summed E-state index contributed by atoms with van der Waals surface area (Å²) in [7, 11) is 0. The zero-order valence-corrected chi connectivity index (χ0v) is 12.2. The molecule has 0 spiro atoms. The minimum absolute atomic E-state index is 0.0165. The Morgan fingerprint density at radius 1 is 1.05 bits per heavy atom. The molecule has 0 saturated carbocycles. The molecule has 5 nitrogen and oxygen atoms in total. The summed E-state index contributed by atoms with van der Waals surface area (Å²) >= 11 is 0. The summed E-state index contributed by atoms with van der Waals surface area (Å²) < 4.78 is 15.9. The molecule has 0 aliphatic carbocycles. The van der Waals surface area contributed by atoms with E-state index in [9.17, 15) is 4.79 Å². The van der Waals surface area contributed by atoms with Crippen molar-refractivity contribution in [3.05, 3.63) is 24.3 Å². The second-order valence-electron chi connectivity index (χ2n) is 4.09. The number of ether oxygens (including phenoxy) is 3. The number of carbonyl (C=O) groups is 1. The summed E-state index contributed by atoms with van der Waals surface area (Å²) in [5, 5.41) is 2.77. The van der Waals surface area contributed by atoms with Crippen LogP contribution in [0.4, 0.5) is 0 Å². The van der Waals surface area contributed by atoms with Gasteiger partial charge in [0.15, 0.2) is 6.61 Å². The summed E-state index contributed by atoms with van der Waals surface area (Å²) in [6.45, 7) is 6.49. The van der Waals surface area contributed by atoms with Crippen molar-refractivity contribution in [3.63, 3.8) is 0 Å². The zero-order chi connectivity index (χ0) is 14.6. The average molecular weight is 281 g/mol. The van der Waals surface area contributed by atoms with Gasteiger partial charge in [0.25, 0.3) is 5.91 Å². The predicted octanol–water partition coefficient (Wildman–Crippen LogP) is 2.01. The molecule has 1 N–H and O–H groups in total. The molecule has 0 heterocycles. The number of benzene rings is 1. The SMILES string of the molecule is CCOCCCNC(=O)COc1ccc(OCC)cc1. The van der Waals surface area contributed by atoms with Crippen LogP contribution in [0.25, 0.3) is 0 Å². The number of hydrogen-bond acceptors (Lipinski definition) is 4. The third kappa shape index (κ3) is 6.99. The standard InChI is InChI=1S/C15H23NO4/c1-3-18-11-5-10-16-15(17)12-20-14-8-6-13(7-9-14)19-4-2/h6-9H,3-5,10-12H2,1-2H3,(H,16,17). The van der Waals surface area contributed by atoms with Crippen LogP contribution in [0.3, 0.4) is 0 Å². The molecule has 0 fully saturated rings. The van der Waals surface area contributed by atoms with Crippen molar-refractivity contribution in [2.45, 2.75) is 20.3 Å². The van der Waals surface area contributed by atoms with Gasteiger partial charge in [-0.1, -0.05) is 0 Å². The molecule has 0 aliphatic rings. The van der Waals surface area contributed by atoms with E-state index in [0.29, 0.717) is 32.1 Å². The normalized spacial score (nSPS) is 10.1. The molecule has 1 amide bonds. The highest BCUT2D eigenvalue weighted by atomic mass is 16.5. The van der Waals surface area contributed by atoms with E-state index in [1.807, 2.05) is 26.0 Å². The summed E-state index contributed by atoms with van der Waals surface area (Å²) in [4.78, 5) is 11.5. The van der Waals surface area contributed by atoms with Gasteiger partial charge in [0, 0.05) is 19.8 Å². The van der Waals surface area contributed by atoms with Gasteiger partial charge in [-0.05, 0) is 44.5 Å². The molecule has 0 unspecified atom stereocenters. The average Bonchev–Trinajstić information content (AvgIpc) is 2.47. The zero-order valence-electron chi connectivity index (χ0n) is 12.2. The van der Waals surface area contributed by atoms with Gasteiger partial charge in [0.1, 0.15) is 11.5 Å². The Kier molecular flexibility index (Phi) is 8.22. The van der Waals surface area contributed by atoms with E-state index in [1.165, 1.54) is 0 Å². The number of carbonyl (C=O) groups excluding carboxylic acids is 1. The van der Waals surface area contributed by atoms with Gasteiger partial charge in [-0.25, -0.2) is 0 Å². The lowest BCUT2D eigenvalue weighted by Crippen LogP contribution is -2.30. The molecule has 1 aromatic carbocycles. The first kappa shape index (κ1) is 16.3. The minimum atomic E-state index is -0.129. The smallest absolute Gasteiger partial charge is 0.257 e. The van der Waals surface area contributed by atoms with Gasteiger partial charge < -0.3 is 19.5 Å². The van der Waals surface area contributed by atoms with E-state index in [-0.39, 0.29) is 12.5 Å². The summed E-state index contributed by atoms with van der Waals surface area (Å²) in [6.07, 6.45) is 0.808. The van der Waals surface area contributed by atoms with Crippen molar-refractivity contribution >= 4 is 5.91 Å². The minimum Gasteiger partial charge on any atom is -0.494 e. The third-order valence-electron chi connectivity index (χ3n) is 2.50. The van der Waals surface area contributed by atoms with Gasteiger partial charge in [0.05, 0.1) is 6.61 Å². The van der Waals surface area contributed by atoms with Crippen molar-refractivity contribution in [2.24, 2.45) is 0 Å². The lowest BCUT2D eigenvalue weighted by Gasteiger charge is -2.08. The molecule has 0 aliphatic heterocycles. The largest absolute Gasteiger partial charge is 0.494 e. The Morgan fingerprint density at radius 3 is 2.30 bits per heavy atom. The second-order valence-corrected chi connectivity index (χ2v) is 4.09. The Balaban J connectivity index is 2.16. The highest BCUT2D eigenvalue weighted by Gasteiger charge is 2.02. The molecule has 5 heteroatoms. The van der Waals surface area contributed by atoms with Crippen LogP contribution >= 0.6 is 0 Å². The molecule has 112 valence electrons. The maximum atomic E-state index is 11.5. The van der Waals surface area contributed by atoms with E-state index in [2.05, 4.69) is 5.32 Å². The summed E-state index contributed by atoms with van der Waals surface area (Å²) in [6, 6.07) is 7.21. The lowest BCUT2D eigenvalue weighted by atomic mass is 10.3. The van der Waals surface area contributed by atoms with E-state index in [4.69, 9.17) is 14.2 Å². The first-order chi connectivity index (χ1) is 9.76. The number of amides is 1. The predicted molar refractivity (Wildman–Crippen MR) is 77.2 cm³/mol. The second kappa shape index (κ2) is 10.1. The highest BCUT2D eigenvalue weighted by molar-refractivity contribution is 5.77. The highest BCUT2D eigenvalue weighted by Crippen LogP contribution is 2.17. The molecule has 0 aromatic heterocycles. The van der Waals surface area contributed by atoms with Crippen LogP contribution in [0.1, 0.15) is 20.3 Å². The molecule has 0 radical (unpaired) electrons. The van der Waals surface area contributed by atoms with Crippen LogP contribution in [-0.2, 0) is 9.53 Å². The fourth-order valence-corrected chi connectivity index (χ4v) is 1.55. The summed E-state index contributed by atoms with van der Waals surface area (Å²) in [5.74, 6) is 1.31. The Labute approximate surface area is 120 Å². The fourth-order valence-electron chi connectivity index (χ4n) is 1.55. The molecule has 20 heavy (non-hydrogen) atoms. The topological polar surface area (TPSA) is 56.8 Å². The molecular weight excluding hydrogens is 258 g/mol. The van der Waals surface area contributed by atoms with Crippen LogP contribution in [0, 0.1) is 0 Å². The quantitative estimate of drug-likeness (QED) is 0.667. The lowest BCUT2D eigenvalue weighted by molar-refractivity contribution is -0.123. The van der Waals surface area contributed by atoms with Crippen molar-refractivity contribution in [1.29, 1.82) is 0 Å². The van der Waals surface area contributed by atoms with E-state index >= 15 is 0 Å². The van der Waals surface area contributed by atoms with E-state index in [1.54, 1.807) is 12.1 Å². The maximum Gasteiger partial charge on any atom is 0.257 e.